The van der Waals surface area contributed by atoms with Crippen molar-refractivity contribution < 1.29 is 47.6 Å². The summed E-state index contributed by atoms with van der Waals surface area (Å²) in [6.45, 7) is 13.6. The van der Waals surface area contributed by atoms with Gasteiger partial charge in [0.1, 0.15) is 37.9 Å². The number of ether oxygens (including phenoxy) is 6. The van der Waals surface area contributed by atoms with Gasteiger partial charge in [-0.2, -0.15) is 0 Å². The number of hydrogen-bond donors (Lipinski definition) is 0. The summed E-state index contributed by atoms with van der Waals surface area (Å²) in [4.78, 5) is 49.3. The van der Waals surface area contributed by atoms with Crippen LogP contribution in [0.1, 0.15) is 59.5 Å². The summed E-state index contributed by atoms with van der Waals surface area (Å²) in [5.41, 5.74) is -0.283. The Morgan fingerprint density at radius 1 is 0.509 bits per heavy atom. The molecule has 0 aliphatic rings. The molecule has 2 unspecified atom stereocenters. The Balaban J connectivity index is 1.40. The number of carbonyl (C=O) groups is 4. The Morgan fingerprint density at radius 2 is 0.849 bits per heavy atom. The lowest BCUT2D eigenvalue weighted by Gasteiger charge is -2.30. The summed E-state index contributed by atoms with van der Waals surface area (Å²) in [6, 6.07) is 32.1. The second-order valence-corrected chi connectivity index (χ2v) is 13.3. The zero-order valence-corrected chi connectivity index (χ0v) is 30.4. The molecule has 0 heterocycles. The predicted octanol–water partition coefficient (Wildman–Crippen LogP) is 7.46. The molecule has 0 bridgehead atoms. The quantitative estimate of drug-likeness (QED) is 0.0581. The van der Waals surface area contributed by atoms with Crippen molar-refractivity contribution >= 4 is 23.9 Å². The van der Waals surface area contributed by atoms with Crippen molar-refractivity contribution in [3.05, 3.63) is 157 Å². The van der Waals surface area contributed by atoms with Gasteiger partial charge in [-0.1, -0.05) is 87.7 Å². The fraction of sp³-hybridized carbons (Fsp3) is 0.256. The highest BCUT2D eigenvalue weighted by atomic mass is 16.6. The lowest BCUT2D eigenvalue weighted by atomic mass is 9.78. The maximum absolute atomic E-state index is 12.8. The molecular weight excluding hydrogens is 676 g/mol. The van der Waals surface area contributed by atoms with Crippen LogP contribution in [0.5, 0.6) is 11.5 Å². The van der Waals surface area contributed by atoms with Gasteiger partial charge in [0.05, 0.1) is 11.1 Å². The van der Waals surface area contributed by atoms with Gasteiger partial charge in [-0.25, -0.2) is 19.2 Å². The normalized spacial score (nSPS) is 13.2. The number of hydrogen-bond acceptors (Lipinski definition) is 10. The van der Waals surface area contributed by atoms with Crippen molar-refractivity contribution in [2.75, 3.05) is 26.4 Å². The van der Waals surface area contributed by atoms with Crippen LogP contribution in [-0.4, -0.2) is 61.5 Å². The van der Waals surface area contributed by atoms with Crippen LogP contribution in [0.4, 0.5) is 0 Å². The highest BCUT2D eigenvalue weighted by Gasteiger charge is 2.34. The maximum Gasteiger partial charge on any atom is 0.338 e. The number of esters is 4. The third-order valence-electron chi connectivity index (χ3n) is 8.31. The molecule has 10 heteroatoms. The first-order valence-corrected chi connectivity index (χ1v) is 16.9. The molecule has 0 aromatic heterocycles. The molecule has 0 aliphatic heterocycles. The molecule has 4 aromatic carbocycles. The first-order chi connectivity index (χ1) is 25.3. The molecule has 10 nitrogen and oxygen atoms in total. The molecule has 0 saturated carbocycles. The number of rotatable bonds is 18. The van der Waals surface area contributed by atoms with Gasteiger partial charge in [-0.3, -0.25) is 0 Å². The van der Waals surface area contributed by atoms with Gasteiger partial charge in [0.15, 0.2) is 11.2 Å². The summed E-state index contributed by atoms with van der Waals surface area (Å²) in [6.07, 6.45) is 2.07. The molecule has 0 amide bonds. The zero-order chi connectivity index (χ0) is 38.5. The van der Waals surface area contributed by atoms with E-state index in [4.69, 9.17) is 28.4 Å². The van der Waals surface area contributed by atoms with E-state index >= 15 is 0 Å². The van der Waals surface area contributed by atoms with E-state index in [0.717, 1.165) is 23.3 Å². The predicted molar refractivity (Wildman–Crippen MR) is 199 cm³/mol. The molecule has 0 spiro atoms. The lowest BCUT2D eigenvalue weighted by Crippen LogP contribution is -2.43. The van der Waals surface area contributed by atoms with Crippen LogP contribution >= 0.6 is 0 Å². The van der Waals surface area contributed by atoms with Crippen LogP contribution in [0, 0.1) is 0 Å². The topological polar surface area (TPSA) is 124 Å². The minimum atomic E-state index is -1.29. The minimum absolute atomic E-state index is 0.0820. The first-order valence-electron chi connectivity index (χ1n) is 16.9. The summed E-state index contributed by atoms with van der Waals surface area (Å²) < 4.78 is 34.0. The van der Waals surface area contributed by atoms with E-state index in [2.05, 4.69) is 27.0 Å². The fourth-order valence-corrected chi connectivity index (χ4v) is 5.05. The standard InChI is InChI=1S/C43H44O10/c1-7-37(44)50-29-42(5,52-39(46)31-15-11-9-12-16-31)27-48-35-23-19-33(20-24-35)41(3,4)34-21-25-36(26-22-34)49-28-43(6,30-51-38(45)8-2)53-40(47)32-17-13-10-14-18-32/h7-26H,1-2,27-30H2,3-6H3. The smallest absolute Gasteiger partial charge is 0.338 e. The third-order valence-corrected chi connectivity index (χ3v) is 8.31. The van der Waals surface area contributed by atoms with Crippen molar-refractivity contribution in [1.82, 2.24) is 0 Å². The average Bonchev–Trinajstić information content (AvgIpc) is 3.18. The summed E-state index contributed by atoms with van der Waals surface area (Å²) in [5.74, 6) is -1.39. The SMILES string of the molecule is C=CC(=O)OCC(C)(COc1ccc(C(C)(C)c2ccc(OCC(C)(COC(=O)C=C)OC(=O)c3ccccc3)cc2)cc1)OC(=O)c1ccccc1. The van der Waals surface area contributed by atoms with Crippen LogP contribution in [-0.2, 0) is 34.0 Å². The van der Waals surface area contributed by atoms with E-state index in [1.165, 1.54) is 0 Å². The molecule has 0 aliphatic carbocycles. The molecular formula is C43H44O10. The summed E-state index contributed by atoms with van der Waals surface area (Å²) in [7, 11) is 0. The number of benzene rings is 4. The zero-order valence-electron chi connectivity index (χ0n) is 30.4. The van der Waals surface area contributed by atoms with Crippen LogP contribution in [0.15, 0.2) is 135 Å². The molecule has 276 valence electrons. The van der Waals surface area contributed by atoms with Gasteiger partial charge in [0.2, 0.25) is 0 Å². The van der Waals surface area contributed by atoms with Gasteiger partial charge in [0, 0.05) is 17.6 Å². The summed E-state index contributed by atoms with van der Waals surface area (Å²) >= 11 is 0. The van der Waals surface area contributed by atoms with E-state index in [-0.39, 0.29) is 26.4 Å². The van der Waals surface area contributed by atoms with Crippen LogP contribution in [0.3, 0.4) is 0 Å². The molecule has 2 atom stereocenters. The van der Waals surface area contributed by atoms with Crippen molar-refractivity contribution in [3.63, 3.8) is 0 Å². The Bertz CT molecular complexity index is 1730. The summed E-state index contributed by atoms with van der Waals surface area (Å²) in [5, 5.41) is 0. The molecule has 4 rings (SSSR count). The molecule has 0 fully saturated rings. The van der Waals surface area contributed by atoms with Crippen molar-refractivity contribution in [3.8, 4) is 11.5 Å². The van der Waals surface area contributed by atoms with Gasteiger partial charge in [0.25, 0.3) is 0 Å². The Hall–Kier alpha value is -6.16. The van der Waals surface area contributed by atoms with E-state index in [1.54, 1.807) is 74.5 Å². The highest BCUT2D eigenvalue weighted by Crippen LogP contribution is 2.34. The monoisotopic (exact) mass is 720 g/mol. The third kappa shape index (κ3) is 11.4. The molecule has 0 radical (unpaired) electrons. The largest absolute Gasteiger partial charge is 0.489 e. The van der Waals surface area contributed by atoms with E-state index < -0.39 is 40.5 Å². The Labute approximate surface area is 309 Å². The molecule has 53 heavy (non-hydrogen) atoms. The minimum Gasteiger partial charge on any atom is -0.489 e. The second kappa shape index (κ2) is 17.9. The highest BCUT2D eigenvalue weighted by molar-refractivity contribution is 5.90. The van der Waals surface area contributed by atoms with Crippen molar-refractivity contribution in [2.45, 2.75) is 44.3 Å². The van der Waals surface area contributed by atoms with Gasteiger partial charge in [-0.05, 0) is 73.5 Å². The van der Waals surface area contributed by atoms with Gasteiger partial charge < -0.3 is 28.4 Å². The first kappa shape index (κ1) is 39.6. The molecule has 0 saturated heterocycles. The van der Waals surface area contributed by atoms with Crippen molar-refractivity contribution in [2.24, 2.45) is 0 Å². The molecule has 0 N–H and O–H groups in total. The van der Waals surface area contributed by atoms with Crippen LogP contribution < -0.4 is 9.47 Å². The fourth-order valence-electron chi connectivity index (χ4n) is 5.05. The van der Waals surface area contributed by atoms with Crippen LogP contribution in [0.2, 0.25) is 0 Å². The Kier molecular flexibility index (Phi) is 13.4. The number of carbonyl (C=O) groups excluding carboxylic acids is 4. The molecule has 4 aromatic rings. The lowest BCUT2D eigenvalue weighted by molar-refractivity contribution is -0.147. The van der Waals surface area contributed by atoms with Crippen molar-refractivity contribution in [1.29, 1.82) is 0 Å². The second-order valence-electron chi connectivity index (χ2n) is 13.3. The average molecular weight is 721 g/mol. The maximum atomic E-state index is 12.8. The van der Waals surface area contributed by atoms with E-state index in [0.29, 0.717) is 22.6 Å². The van der Waals surface area contributed by atoms with Crippen LogP contribution in [0.25, 0.3) is 0 Å². The van der Waals surface area contributed by atoms with Gasteiger partial charge in [-0.15, -0.1) is 0 Å². The Morgan fingerprint density at radius 3 is 1.17 bits per heavy atom. The van der Waals surface area contributed by atoms with E-state index in [1.807, 2.05) is 48.5 Å². The van der Waals surface area contributed by atoms with Gasteiger partial charge >= 0.3 is 23.9 Å². The van der Waals surface area contributed by atoms with E-state index in [9.17, 15) is 19.2 Å².